The van der Waals surface area contributed by atoms with Gasteiger partial charge >= 0.3 is 0 Å². The van der Waals surface area contributed by atoms with Crippen LogP contribution in [0.25, 0.3) is 0 Å². The van der Waals surface area contributed by atoms with E-state index in [1.165, 1.54) is 4.90 Å². The number of nitrogens with zero attached hydrogens (tertiary/aromatic N) is 3. The number of aromatic nitrogens is 2. The van der Waals surface area contributed by atoms with Crippen molar-refractivity contribution in [2.45, 2.75) is 13.0 Å². The van der Waals surface area contributed by atoms with Crippen LogP contribution in [-0.4, -0.2) is 48.6 Å². The molecule has 0 spiro atoms. The summed E-state index contributed by atoms with van der Waals surface area (Å²) in [6, 6.07) is 9.32. The number of hydrogen-bond donors (Lipinski definition) is 2. The summed E-state index contributed by atoms with van der Waals surface area (Å²) in [5, 5.41) is 3.72. The molecular weight excluding hydrogens is 338 g/mol. The van der Waals surface area contributed by atoms with E-state index in [1.54, 1.807) is 12.4 Å². The zero-order valence-corrected chi connectivity index (χ0v) is 15.0. The Morgan fingerprint density at radius 3 is 2.60 bits per heavy atom. The minimum Gasteiger partial charge on any atom is -0.345 e. The molecule has 1 aromatic carbocycles. The second-order valence-electron chi connectivity index (χ2n) is 6.27. The van der Waals surface area contributed by atoms with Crippen molar-refractivity contribution >= 4 is 23.5 Å². The summed E-state index contributed by atoms with van der Waals surface area (Å²) >= 11 is 6.19. The lowest BCUT2D eigenvalue weighted by atomic mass is 10.1. The number of amides is 1. The second kappa shape index (κ2) is 8.27. The molecule has 0 unspecified atom stereocenters. The van der Waals surface area contributed by atoms with E-state index in [4.69, 9.17) is 11.6 Å². The van der Waals surface area contributed by atoms with E-state index in [-0.39, 0.29) is 11.9 Å². The maximum Gasteiger partial charge on any atom is 0.275 e. The third-order valence-corrected chi connectivity index (χ3v) is 4.81. The number of quaternary nitrogens is 1. The number of anilines is 1. The molecule has 2 N–H and O–H groups in total. The van der Waals surface area contributed by atoms with Crippen LogP contribution in [0.3, 0.4) is 0 Å². The van der Waals surface area contributed by atoms with Crippen molar-refractivity contribution in [1.29, 1.82) is 0 Å². The van der Waals surface area contributed by atoms with Crippen LogP contribution in [0.15, 0.2) is 42.7 Å². The average Bonchev–Trinajstić information content (AvgIpc) is 2.63. The van der Waals surface area contributed by atoms with Gasteiger partial charge in [0.25, 0.3) is 5.91 Å². The van der Waals surface area contributed by atoms with Gasteiger partial charge in [0.15, 0.2) is 6.54 Å². The molecule has 25 heavy (non-hydrogen) atoms. The Labute approximate surface area is 152 Å². The first-order valence-corrected chi connectivity index (χ1v) is 8.90. The SMILES string of the molecule is C[C@@H](NC(=O)C[NH+]1CCN(c2ncccn2)CC1)c1ccccc1Cl. The number of carbonyl (C=O) groups excluding carboxylic acids is 1. The highest BCUT2D eigenvalue weighted by Gasteiger charge is 2.24. The van der Waals surface area contributed by atoms with Crippen molar-refractivity contribution in [2.75, 3.05) is 37.6 Å². The second-order valence-corrected chi connectivity index (χ2v) is 6.68. The number of nitrogens with one attached hydrogen (secondary N) is 2. The van der Waals surface area contributed by atoms with Crippen LogP contribution in [-0.2, 0) is 4.79 Å². The molecule has 1 fully saturated rings. The quantitative estimate of drug-likeness (QED) is 0.824. The molecule has 1 saturated heterocycles. The molecule has 1 atom stereocenters. The summed E-state index contributed by atoms with van der Waals surface area (Å²) in [6.45, 7) is 5.93. The zero-order chi connectivity index (χ0) is 17.6. The van der Waals surface area contributed by atoms with Gasteiger partial charge in [0.2, 0.25) is 5.95 Å². The van der Waals surface area contributed by atoms with Gasteiger partial charge in [-0.2, -0.15) is 0 Å². The summed E-state index contributed by atoms with van der Waals surface area (Å²) < 4.78 is 0. The molecule has 6 nitrogen and oxygen atoms in total. The van der Waals surface area contributed by atoms with Crippen LogP contribution in [0.5, 0.6) is 0 Å². The summed E-state index contributed by atoms with van der Waals surface area (Å²) in [4.78, 5) is 24.3. The highest BCUT2D eigenvalue weighted by molar-refractivity contribution is 6.31. The van der Waals surface area contributed by atoms with E-state index in [1.807, 2.05) is 37.3 Å². The molecule has 0 bridgehead atoms. The molecule has 1 aliphatic rings. The van der Waals surface area contributed by atoms with Gasteiger partial charge < -0.3 is 15.1 Å². The number of benzene rings is 1. The molecule has 0 radical (unpaired) electrons. The third kappa shape index (κ3) is 4.67. The zero-order valence-electron chi connectivity index (χ0n) is 14.3. The van der Waals surface area contributed by atoms with Gasteiger partial charge in [0.1, 0.15) is 0 Å². The minimum absolute atomic E-state index is 0.0480. The van der Waals surface area contributed by atoms with Gasteiger partial charge in [-0.25, -0.2) is 9.97 Å². The van der Waals surface area contributed by atoms with E-state index in [0.29, 0.717) is 11.6 Å². The molecule has 1 aromatic heterocycles. The largest absolute Gasteiger partial charge is 0.345 e. The molecule has 7 heteroatoms. The van der Waals surface area contributed by atoms with Gasteiger partial charge in [-0.15, -0.1) is 0 Å². The van der Waals surface area contributed by atoms with E-state index in [2.05, 4.69) is 20.2 Å². The molecule has 0 saturated carbocycles. The fraction of sp³-hybridized carbons (Fsp3) is 0.389. The summed E-state index contributed by atoms with van der Waals surface area (Å²) in [7, 11) is 0. The molecule has 2 aromatic rings. The predicted octanol–water partition coefficient (Wildman–Crippen LogP) is 0.712. The molecule has 0 aliphatic carbocycles. The van der Waals surface area contributed by atoms with E-state index < -0.39 is 0 Å². The number of halogens is 1. The van der Waals surface area contributed by atoms with E-state index >= 15 is 0 Å². The molecule has 2 heterocycles. The fourth-order valence-electron chi connectivity index (χ4n) is 3.08. The lowest BCUT2D eigenvalue weighted by Crippen LogP contribution is -3.16. The van der Waals surface area contributed by atoms with Crippen molar-refractivity contribution < 1.29 is 9.69 Å². The van der Waals surface area contributed by atoms with Crippen molar-refractivity contribution in [1.82, 2.24) is 15.3 Å². The highest BCUT2D eigenvalue weighted by atomic mass is 35.5. The molecular formula is C18H23ClN5O+. The van der Waals surface area contributed by atoms with Crippen molar-refractivity contribution in [3.05, 3.63) is 53.3 Å². The first-order chi connectivity index (χ1) is 12.1. The molecule has 1 aliphatic heterocycles. The smallest absolute Gasteiger partial charge is 0.275 e. The Kier molecular flexibility index (Phi) is 5.83. The van der Waals surface area contributed by atoms with Crippen LogP contribution in [0.1, 0.15) is 18.5 Å². The average molecular weight is 361 g/mol. The first kappa shape index (κ1) is 17.6. The van der Waals surface area contributed by atoms with Crippen LogP contribution in [0, 0.1) is 0 Å². The van der Waals surface area contributed by atoms with Gasteiger partial charge in [-0.05, 0) is 24.6 Å². The van der Waals surface area contributed by atoms with Crippen LogP contribution < -0.4 is 15.1 Å². The fourth-order valence-corrected chi connectivity index (χ4v) is 3.38. The summed E-state index contributed by atoms with van der Waals surface area (Å²) in [5.74, 6) is 0.810. The standard InChI is InChI=1S/C18H22ClN5O/c1-14(15-5-2-3-6-16(15)19)22-17(25)13-23-9-11-24(12-10-23)18-20-7-4-8-21-18/h2-8,14H,9-13H2,1H3,(H,22,25)/p+1/t14-/m1/s1. The Hall–Kier alpha value is -2.18. The van der Waals surface area contributed by atoms with Crippen molar-refractivity contribution in [2.24, 2.45) is 0 Å². The van der Waals surface area contributed by atoms with Crippen molar-refractivity contribution in [3.63, 3.8) is 0 Å². The van der Waals surface area contributed by atoms with Gasteiger partial charge in [0, 0.05) is 17.4 Å². The van der Waals surface area contributed by atoms with E-state index in [0.717, 1.165) is 37.7 Å². The van der Waals surface area contributed by atoms with Gasteiger partial charge in [-0.3, -0.25) is 4.79 Å². The van der Waals surface area contributed by atoms with Crippen LogP contribution >= 0.6 is 11.6 Å². The van der Waals surface area contributed by atoms with Crippen molar-refractivity contribution in [3.8, 4) is 0 Å². The molecule has 3 rings (SSSR count). The third-order valence-electron chi connectivity index (χ3n) is 4.47. The topological polar surface area (TPSA) is 62.6 Å². The van der Waals surface area contributed by atoms with Crippen LogP contribution in [0.2, 0.25) is 5.02 Å². The van der Waals surface area contributed by atoms with E-state index in [9.17, 15) is 4.79 Å². The maximum absolute atomic E-state index is 12.3. The predicted molar refractivity (Wildman–Crippen MR) is 97.8 cm³/mol. The number of piperazine rings is 1. The first-order valence-electron chi connectivity index (χ1n) is 8.53. The molecule has 132 valence electrons. The lowest BCUT2D eigenvalue weighted by Gasteiger charge is -2.32. The van der Waals surface area contributed by atoms with Gasteiger partial charge in [0.05, 0.1) is 32.2 Å². The maximum atomic E-state index is 12.3. The monoisotopic (exact) mass is 360 g/mol. The van der Waals surface area contributed by atoms with Crippen LogP contribution in [0.4, 0.5) is 5.95 Å². The minimum atomic E-state index is -0.0976. The number of rotatable bonds is 5. The normalized spacial score (nSPS) is 16.5. The van der Waals surface area contributed by atoms with Gasteiger partial charge in [-0.1, -0.05) is 29.8 Å². The Bertz CT molecular complexity index is 704. The summed E-state index contributed by atoms with van der Waals surface area (Å²) in [6.07, 6.45) is 3.51. The lowest BCUT2D eigenvalue weighted by molar-refractivity contribution is -0.892. The Balaban J connectivity index is 1.47. The molecule has 1 amide bonds. The number of hydrogen-bond acceptors (Lipinski definition) is 4. The number of carbonyl (C=O) groups is 1. The highest BCUT2D eigenvalue weighted by Crippen LogP contribution is 2.21. The summed E-state index contributed by atoms with van der Waals surface area (Å²) in [5.41, 5.74) is 0.943. The Morgan fingerprint density at radius 2 is 1.92 bits per heavy atom. The Morgan fingerprint density at radius 1 is 1.24 bits per heavy atom.